The third-order valence-corrected chi connectivity index (χ3v) is 7.42. The van der Waals surface area contributed by atoms with E-state index in [2.05, 4.69) is 34.9 Å². The van der Waals surface area contributed by atoms with Crippen LogP contribution in [0.2, 0.25) is 0 Å². The first-order valence-corrected chi connectivity index (χ1v) is 14.0. The van der Waals surface area contributed by atoms with Crippen molar-refractivity contribution in [3.05, 3.63) is 113 Å². The first kappa shape index (κ1) is 29.2. The van der Waals surface area contributed by atoms with Crippen LogP contribution >= 0.6 is 0 Å². The summed E-state index contributed by atoms with van der Waals surface area (Å²) in [7, 11) is 0. The van der Waals surface area contributed by atoms with E-state index in [0.29, 0.717) is 44.6 Å². The van der Waals surface area contributed by atoms with Gasteiger partial charge in [0.2, 0.25) is 11.8 Å². The molecular formula is C33H39FN4O2. The molecule has 2 amide bonds. The molecule has 0 unspecified atom stereocenters. The van der Waals surface area contributed by atoms with Crippen molar-refractivity contribution in [2.75, 3.05) is 26.2 Å². The van der Waals surface area contributed by atoms with Gasteiger partial charge in [-0.25, -0.2) is 4.39 Å². The molecule has 3 aromatic carbocycles. The van der Waals surface area contributed by atoms with Gasteiger partial charge in [0.05, 0.1) is 6.04 Å². The van der Waals surface area contributed by atoms with Crippen molar-refractivity contribution in [1.29, 1.82) is 0 Å². The summed E-state index contributed by atoms with van der Waals surface area (Å²) >= 11 is 0. The highest BCUT2D eigenvalue weighted by Gasteiger charge is 2.32. The first-order chi connectivity index (χ1) is 19.4. The Kier molecular flexibility index (Phi) is 10.6. The van der Waals surface area contributed by atoms with E-state index in [1.807, 2.05) is 41.3 Å². The minimum Gasteiger partial charge on any atom is -0.351 e. The van der Waals surface area contributed by atoms with Crippen LogP contribution < -0.4 is 16.4 Å². The number of halogens is 1. The van der Waals surface area contributed by atoms with Crippen LogP contribution in [-0.4, -0.2) is 55.0 Å². The molecule has 0 saturated carbocycles. The molecule has 0 bridgehead atoms. The average Bonchev–Trinajstić information content (AvgIpc) is 3.13. The Morgan fingerprint density at radius 1 is 1.05 bits per heavy atom. The van der Waals surface area contributed by atoms with Crippen molar-refractivity contribution < 1.29 is 14.0 Å². The number of nitrogens with two attached hydrogens (primary N) is 1. The highest BCUT2D eigenvalue weighted by atomic mass is 19.1. The summed E-state index contributed by atoms with van der Waals surface area (Å²) in [6, 6.07) is 26.2. The van der Waals surface area contributed by atoms with E-state index in [1.54, 1.807) is 25.1 Å². The van der Waals surface area contributed by atoms with Crippen LogP contribution in [0.4, 0.5) is 4.39 Å². The highest BCUT2D eigenvalue weighted by molar-refractivity contribution is 5.97. The first-order valence-electron chi connectivity index (χ1n) is 14.0. The Labute approximate surface area is 236 Å². The largest absolute Gasteiger partial charge is 0.351 e. The van der Waals surface area contributed by atoms with Crippen LogP contribution in [0.5, 0.6) is 0 Å². The van der Waals surface area contributed by atoms with Gasteiger partial charge in [0.25, 0.3) is 0 Å². The van der Waals surface area contributed by atoms with E-state index in [4.69, 9.17) is 5.73 Å². The Bertz CT molecular complexity index is 1230. The second-order valence-corrected chi connectivity index (χ2v) is 10.4. The van der Waals surface area contributed by atoms with Gasteiger partial charge in [0, 0.05) is 37.2 Å². The summed E-state index contributed by atoms with van der Waals surface area (Å²) in [6.07, 6.45) is 3.82. The number of carbonyl (C=O) groups excluding carboxylic acids is 2. The summed E-state index contributed by atoms with van der Waals surface area (Å²) < 4.78 is 13.2. The average molecular weight is 543 g/mol. The lowest BCUT2D eigenvalue weighted by atomic mass is 9.90. The van der Waals surface area contributed by atoms with Gasteiger partial charge < -0.3 is 21.3 Å². The van der Waals surface area contributed by atoms with Crippen LogP contribution in [-0.2, 0) is 9.59 Å². The molecule has 0 radical (unpaired) electrons. The number of benzene rings is 3. The molecule has 4 N–H and O–H groups in total. The number of rotatable bonds is 11. The van der Waals surface area contributed by atoms with Crippen molar-refractivity contribution in [3.63, 3.8) is 0 Å². The van der Waals surface area contributed by atoms with Gasteiger partial charge in [-0.3, -0.25) is 9.59 Å². The highest BCUT2D eigenvalue weighted by Crippen LogP contribution is 2.27. The molecule has 40 heavy (non-hydrogen) atoms. The molecule has 0 aliphatic carbocycles. The van der Waals surface area contributed by atoms with Gasteiger partial charge in [-0.1, -0.05) is 72.8 Å². The molecule has 210 valence electrons. The van der Waals surface area contributed by atoms with Crippen LogP contribution in [0.1, 0.15) is 48.8 Å². The number of carbonyl (C=O) groups is 2. The molecule has 3 aromatic rings. The monoisotopic (exact) mass is 542 g/mol. The van der Waals surface area contributed by atoms with Gasteiger partial charge in [0.1, 0.15) is 5.82 Å². The van der Waals surface area contributed by atoms with Crippen molar-refractivity contribution in [1.82, 2.24) is 15.5 Å². The van der Waals surface area contributed by atoms with E-state index in [1.165, 1.54) is 23.3 Å². The molecule has 2 atom stereocenters. The summed E-state index contributed by atoms with van der Waals surface area (Å²) in [5.41, 5.74) is 9.43. The fourth-order valence-corrected chi connectivity index (χ4v) is 5.18. The number of hydrogen-bond donors (Lipinski definition) is 3. The maximum Gasteiger partial charge on any atom is 0.246 e. The Balaban J connectivity index is 1.46. The van der Waals surface area contributed by atoms with Crippen LogP contribution in [0.25, 0.3) is 6.08 Å². The SMILES string of the molecule is C/C(=C\c1ccc(F)cc1)C(=O)NC[C@@H]1CCN(CC(c2ccccc2)c2ccccc2)C(=O)[C@H](CCCN)N1. The normalized spacial score (nSPS) is 18.1. The molecule has 1 aliphatic rings. The third-order valence-electron chi connectivity index (χ3n) is 7.42. The second kappa shape index (κ2) is 14.5. The minimum atomic E-state index is -0.365. The molecule has 0 aromatic heterocycles. The predicted molar refractivity (Wildman–Crippen MR) is 158 cm³/mol. The zero-order chi connectivity index (χ0) is 28.3. The van der Waals surface area contributed by atoms with Crippen LogP contribution in [0.3, 0.4) is 0 Å². The summed E-state index contributed by atoms with van der Waals surface area (Å²) in [5.74, 6) is -0.376. The van der Waals surface area contributed by atoms with Gasteiger partial charge in [-0.15, -0.1) is 0 Å². The van der Waals surface area contributed by atoms with Gasteiger partial charge in [-0.05, 0) is 67.6 Å². The maximum absolute atomic E-state index is 13.8. The van der Waals surface area contributed by atoms with Crippen molar-refractivity contribution in [2.45, 2.75) is 44.2 Å². The quantitative estimate of drug-likeness (QED) is 0.312. The molecule has 1 saturated heterocycles. The zero-order valence-electron chi connectivity index (χ0n) is 23.1. The standard InChI is InChI=1S/C33H39FN4O2/c1-24(21-25-14-16-28(34)17-15-25)32(39)36-22-29-18-20-38(33(40)31(37-29)13-8-19-35)23-30(26-9-4-2-5-10-26)27-11-6-3-7-12-27/h2-7,9-12,14-17,21,29-31,37H,8,13,18-20,22-23,35H2,1H3,(H,36,39)/b24-21+/t29-,31-/m0/s1. The lowest BCUT2D eigenvalue weighted by Gasteiger charge is -2.29. The Morgan fingerprint density at radius 3 is 2.27 bits per heavy atom. The van der Waals surface area contributed by atoms with E-state index >= 15 is 0 Å². The predicted octanol–water partition coefficient (Wildman–Crippen LogP) is 4.48. The lowest BCUT2D eigenvalue weighted by molar-refractivity contribution is -0.133. The number of amides is 2. The molecule has 1 fully saturated rings. The molecule has 7 heteroatoms. The van der Waals surface area contributed by atoms with Gasteiger partial charge in [0.15, 0.2) is 0 Å². The molecule has 0 spiro atoms. The fraction of sp³-hybridized carbons (Fsp3) is 0.333. The number of nitrogens with zero attached hydrogens (tertiary/aromatic N) is 1. The second-order valence-electron chi connectivity index (χ2n) is 10.4. The smallest absolute Gasteiger partial charge is 0.246 e. The van der Waals surface area contributed by atoms with Crippen LogP contribution in [0.15, 0.2) is 90.5 Å². The molecule has 6 nitrogen and oxygen atoms in total. The molecule has 4 rings (SSSR count). The van der Waals surface area contributed by atoms with Gasteiger partial charge >= 0.3 is 0 Å². The summed E-state index contributed by atoms with van der Waals surface area (Å²) in [6.45, 7) is 3.81. The Morgan fingerprint density at radius 2 is 1.68 bits per heavy atom. The third kappa shape index (κ3) is 8.10. The topological polar surface area (TPSA) is 87.5 Å². The van der Waals surface area contributed by atoms with Gasteiger partial charge in [-0.2, -0.15) is 0 Å². The Hall–Kier alpha value is -3.81. The molecule has 1 aliphatic heterocycles. The maximum atomic E-state index is 13.8. The van der Waals surface area contributed by atoms with E-state index in [9.17, 15) is 14.0 Å². The van der Waals surface area contributed by atoms with Crippen LogP contribution in [0, 0.1) is 5.82 Å². The van der Waals surface area contributed by atoms with E-state index in [-0.39, 0.29) is 35.6 Å². The number of hydrogen-bond acceptors (Lipinski definition) is 4. The molecular weight excluding hydrogens is 503 g/mol. The van der Waals surface area contributed by atoms with E-state index in [0.717, 1.165) is 12.0 Å². The van der Waals surface area contributed by atoms with Crippen molar-refractivity contribution in [2.24, 2.45) is 5.73 Å². The molecule has 1 heterocycles. The van der Waals surface area contributed by atoms with E-state index < -0.39 is 0 Å². The number of nitrogens with one attached hydrogen (secondary N) is 2. The lowest BCUT2D eigenvalue weighted by Crippen LogP contribution is -2.49. The summed E-state index contributed by atoms with van der Waals surface area (Å²) in [5, 5.41) is 6.52. The minimum absolute atomic E-state index is 0.0528. The fourth-order valence-electron chi connectivity index (χ4n) is 5.18. The van der Waals surface area contributed by atoms with Crippen molar-refractivity contribution in [3.8, 4) is 0 Å². The zero-order valence-corrected chi connectivity index (χ0v) is 23.1. The summed E-state index contributed by atoms with van der Waals surface area (Å²) in [4.78, 5) is 28.5. The van der Waals surface area contributed by atoms with Crippen molar-refractivity contribution >= 4 is 17.9 Å².